The first kappa shape index (κ1) is 15.1. The fourth-order valence-electron chi connectivity index (χ4n) is 2.48. The van der Waals surface area contributed by atoms with Gasteiger partial charge >= 0.3 is 11.8 Å². The normalized spacial score (nSPS) is 14.8. The molecule has 1 fully saturated rings. The highest BCUT2D eigenvalue weighted by Crippen LogP contribution is 2.47. The molecule has 3 rings (SSSR count). The maximum Gasteiger partial charge on any atom is 0.313 e. The van der Waals surface area contributed by atoms with E-state index in [0.717, 1.165) is 18.4 Å². The van der Waals surface area contributed by atoms with Crippen LogP contribution in [0.4, 0.5) is 10.1 Å². The predicted octanol–water partition coefficient (Wildman–Crippen LogP) is 2.01. The third-order valence-corrected chi connectivity index (χ3v) is 4.02. The highest BCUT2D eigenvalue weighted by molar-refractivity contribution is 6.39. The lowest BCUT2D eigenvalue weighted by molar-refractivity contribution is -0.136. The molecule has 1 heterocycles. The monoisotopic (exact) mass is 313 g/mol. The second-order valence-corrected chi connectivity index (χ2v) is 5.67. The van der Waals surface area contributed by atoms with Crippen molar-refractivity contribution < 1.29 is 14.0 Å². The van der Waals surface area contributed by atoms with Gasteiger partial charge in [0.2, 0.25) is 0 Å². The van der Waals surface area contributed by atoms with Crippen LogP contribution in [-0.2, 0) is 15.0 Å². The molecule has 0 atom stereocenters. The van der Waals surface area contributed by atoms with E-state index in [9.17, 15) is 14.0 Å². The molecule has 0 saturated heterocycles. The highest BCUT2D eigenvalue weighted by atomic mass is 19.1. The summed E-state index contributed by atoms with van der Waals surface area (Å²) in [5.41, 5.74) is 1.26. The fourth-order valence-corrected chi connectivity index (χ4v) is 2.48. The van der Waals surface area contributed by atoms with Gasteiger partial charge in [0.1, 0.15) is 5.82 Å². The van der Waals surface area contributed by atoms with Gasteiger partial charge in [-0.25, -0.2) is 4.39 Å². The van der Waals surface area contributed by atoms with Crippen molar-refractivity contribution in [3.05, 3.63) is 60.2 Å². The van der Waals surface area contributed by atoms with Gasteiger partial charge in [0.25, 0.3) is 0 Å². The fraction of sp³-hybridized carbons (Fsp3) is 0.235. The Balaban J connectivity index is 1.56. The van der Waals surface area contributed by atoms with E-state index in [4.69, 9.17) is 0 Å². The van der Waals surface area contributed by atoms with Gasteiger partial charge in [-0.3, -0.25) is 14.6 Å². The van der Waals surface area contributed by atoms with Crippen molar-refractivity contribution in [2.75, 3.05) is 11.9 Å². The SMILES string of the molecule is O=C(NCC1(c2ccc(F)cc2)CC1)C(=O)Nc1cccnc1. The van der Waals surface area contributed by atoms with E-state index in [-0.39, 0.29) is 11.2 Å². The molecule has 1 aromatic heterocycles. The zero-order valence-electron chi connectivity index (χ0n) is 12.4. The Morgan fingerprint density at radius 1 is 1.13 bits per heavy atom. The minimum Gasteiger partial charge on any atom is -0.347 e. The lowest BCUT2D eigenvalue weighted by Gasteiger charge is -2.16. The van der Waals surface area contributed by atoms with Crippen LogP contribution in [0.3, 0.4) is 0 Å². The molecule has 0 radical (unpaired) electrons. The Bertz CT molecular complexity index is 712. The van der Waals surface area contributed by atoms with Crippen molar-refractivity contribution in [2.24, 2.45) is 0 Å². The van der Waals surface area contributed by atoms with Crippen LogP contribution in [0.5, 0.6) is 0 Å². The number of hydrogen-bond donors (Lipinski definition) is 2. The maximum absolute atomic E-state index is 13.0. The molecule has 1 saturated carbocycles. The molecule has 118 valence electrons. The van der Waals surface area contributed by atoms with E-state index in [1.54, 1.807) is 30.5 Å². The quantitative estimate of drug-likeness (QED) is 0.848. The summed E-state index contributed by atoms with van der Waals surface area (Å²) in [7, 11) is 0. The van der Waals surface area contributed by atoms with Gasteiger partial charge in [0.15, 0.2) is 0 Å². The van der Waals surface area contributed by atoms with Crippen molar-refractivity contribution in [1.29, 1.82) is 0 Å². The molecule has 0 aliphatic heterocycles. The van der Waals surface area contributed by atoms with E-state index in [0.29, 0.717) is 12.2 Å². The number of halogens is 1. The third kappa shape index (κ3) is 3.53. The van der Waals surface area contributed by atoms with E-state index in [1.807, 2.05) is 0 Å². The zero-order chi connectivity index (χ0) is 16.3. The number of pyridine rings is 1. The Morgan fingerprint density at radius 2 is 1.87 bits per heavy atom. The minimum absolute atomic E-state index is 0.183. The molecule has 5 nitrogen and oxygen atoms in total. The second-order valence-electron chi connectivity index (χ2n) is 5.67. The summed E-state index contributed by atoms with van der Waals surface area (Å²) in [6, 6.07) is 9.59. The number of carbonyl (C=O) groups excluding carboxylic acids is 2. The van der Waals surface area contributed by atoms with E-state index in [2.05, 4.69) is 15.6 Å². The van der Waals surface area contributed by atoms with Crippen LogP contribution < -0.4 is 10.6 Å². The number of aromatic nitrogens is 1. The summed E-state index contributed by atoms with van der Waals surface area (Å²) in [4.78, 5) is 27.6. The van der Waals surface area contributed by atoms with E-state index < -0.39 is 11.8 Å². The van der Waals surface area contributed by atoms with Crippen molar-refractivity contribution in [3.8, 4) is 0 Å². The zero-order valence-corrected chi connectivity index (χ0v) is 12.4. The van der Waals surface area contributed by atoms with Crippen LogP contribution in [0, 0.1) is 5.82 Å². The molecule has 1 aliphatic carbocycles. The summed E-state index contributed by atoms with van der Waals surface area (Å²) >= 11 is 0. The molecule has 2 aromatic rings. The average Bonchev–Trinajstić information content (AvgIpc) is 3.35. The van der Waals surface area contributed by atoms with Gasteiger partial charge in [-0.2, -0.15) is 0 Å². The van der Waals surface area contributed by atoms with Crippen molar-refractivity contribution in [1.82, 2.24) is 10.3 Å². The van der Waals surface area contributed by atoms with Gasteiger partial charge in [-0.15, -0.1) is 0 Å². The lowest BCUT2D eigenvalue weighted by atomic mass is 9.96. The molecule has 1 aliphatic rings. The smallest absolute Gasteiger partial charge is 0.313 e. The third-order valence-electron chi connectivity index (χ3n) is 4.02. The Morgan fingerprint density at radius 3 is 2.48 bits per heavy atom. The number of amides is 2. The standard InChI is InChI=1S/C17H16FN3O2/c18-13-5-3-12(4-6-13)17(7-8-17)11-20-15(22)16(23)21-14-2-1-9-19-10-14/h1-6,9-10H,7-8,11H2,(H,20,22)(H,21,23). The molecule has 1 aromatic carbocycles. The number of rotatable bonds is 4. The van der Waals surface area contributed by atoms with Crippen molar-refractivity contribution in [2.45, 2.75) is 18.3 Å². The number of nitrogens with one attached hydrogen (secondary N) is 2. The summed E-state index contributed by atoms with van der Waals surface area (Å²) in [6.07, 6.45) is 4.85. The van der Waals surface area contributed by atoms with Crippen molar-refractivity contribution in [3.63, 3.8) is 0 Å². The van der Waals surface area contributed by atoms with Crippen LogP contribution in [0.1, 0.15) is 18.4 Å². The van der Waals surface area contributed by atoms with Gasteiger partial charge in [0.05, 0.1) is 11.9 Å². The first-order chi connectivity index (χ1) is 11.1. The summed E-state index contributed by atoms with van der Waals surface area (Å²) in [5.74, 6) is -1.71. The average molecular weight is 313 g/mol. The highest BCUT2D eigenvalue weighted by Gasteiger charge is 2.44. The van der Waals surface area contributed by atoms with Crippen molar-refractivity contribution >= 4 is 17.5 Å². The molecule has 23 heavy (non-hydrogen) atoms. The van der Waals surface area contributed by atoms with Crippen LogP contribution >= 0.6 is 0 Å². The Kier molecular flexibility index (Phi) is 4.06. The van der Waals surface area contributed by atoms with E-state index >= 15 is 0 Å². The number of hydrogen-bond acceptors (Lipinski definition) is 3. The van der Waals surface area contributed by atoms with Crippen LogP contribution in [0.15, 0.2) is 48.8 Å². The Labute approximate surface area is 132 Å². The molecule has 0 bridgehead atoms. The molecule has 0 unspecified atom stereocenters. The number of anilines is 1. The largest absolute Gasteiger partial charge is 0.347 e. The van der Waals surface area contributed by atoms with Gasteiger partial charge in [-0.05, 0) is 42.7 Å². The molecular weight excluding hydrogens is 297 g/mol. The first-order valence-corrected chi connectivity index (χ1v) is 7.34. The van der Waals surface area contributed by atoms with Crippen LogP contribution in [0.2, 0.25) is 0 Å². The summed E-state index contributed by atoms with van der Waals surface area (Å²) < 4.78 is 13.0. The summed E-state index contributed by atoms with van der Waals surface area (Å²) in [5, 5.41) is 5.14. The molecular formula is C17H16FN3O2. The predicted molar refractivity (Wildman–Crippen MR) is 83.2 cm³/mol. The minimum atomic E-state index is -0.729. The number of carbonyl (C=O) groups is 2. The first-order valence-electron chi connectivity index (χ1n) is 7.34. The maximum atomic E-state index is 13.0. The second kappa shape index (κ2) is 6.16. The molecule has 2 N–H and O–H groups in total. The van der Waals surface area contributed by atoms with Crippen LogP contribution in [0.25, 0.3) is 0 Å². The number of nitrogens with zero attached hydrogens (tertiary/aromatic N) is 1. The van der Waals surface area contributed by atoms with Gasteiger partial charge < -0.3 is 10.6 Å². The molecule has 0 spiro atoms. The summed E-state index contributed by atoms with van der Waals surface area (Å²) in [6.45, 7) is 0.359. The lowest BCUT2D eigenvalue weighted by Crippen LogP contribution is -2.39. The van der Waals surface area contributed by atoms with Gasteiger partial charge in [0, 0.05) is 18.2 Å². The van der Waals surface area contributed by atoms with E-state index in [1.165, 1.54) is 18.3 Å². The topological polar surface area (TPSA) is 71.1 Å². The van der Waals surface area contributed by atoms with Crippen LogP contribution in [-0.4, -0.2) is 23.3 Å². The van der Waals surface area contributed by atoms with Gasteiger partial charge in [-0.1, -0.05) is 12.1 Å². The molecule has 2 amide bonds. The number of benzene rings is 1. The Hall–Kier alpha value is -2.76. The molecule has 6 heteroatoms.